The van der Waals surface area contributed by atoms with Crippen LogP contribution in [-0.2, 0) is 6.42 Å². The highest BCUT2D eigenvalue weighted by Gasteiger charge is 2.09. The molecule has 1 aliphatic heterocycles. The minimum Gasteiger partial charge on any atom is -0.478 e. The normalized spacial score (nSPS) is 13.8. The summed E-state index contributed by atoms with van der Waals surface area (Å²) in [7, 11) is 0. The van der Waals surface area contributed by atoms with Crippen LogP contribution in [0.4, 0.5) is 0 Å². The van der Waals surface area contributed by atoms with E-state index in [0.717, 1.165) is 16.9 Å². The molecule has 1 N–H and O–H groups in total. The summed E-state index contributed by atoms with van der Waals surface area (Å²) in [6, 6.07) is 5.26. The highest BCUT2D eigenvalue weighted by Crippen LogP contribution is 2.29. The molecule has 0 bridgehead atoms. The zero-order chi connectivity index (χ0) is 9.26. The molecule has 3 heteroatoms. The summed E-state index contributed by atoms with van der Waals surface area (Å²) in [5, 5.41) is 10.8. The van der Waals surface area contributed by atoms with Gasteiger partial charge in [-0.2, -0.15) is 0 Å². The van der Waals surface area contributed by atoms with Crippen molar-refractivity contribution in [2.24, 2.45) is 0 Å². The van der Waals surface area contributed by atoms with Crippen molar-refractivity contribution in [2.45, 2.75) is 11.3 Å². The fourth-order valence-corrected chi connectivity index (χ4v) is 2.06. The van der Waals surface area contributed by atoms with E-state index in [-0.39, 0.29) is 0 Å². The number of fused-ring (bicyclic) bond motifs is 1. The van der Waals surface area contributed by atoms with Crippen molar-refractivity contribution in [1.82, 2.24) is 0 Å². The number of carboxylic acids is 1. The Morgan fingerprint density at radius 1 is 1.46 bits per heavy atom. The summed E-state index contributed by atoms with van der Waals surface area (Å²) in [5.41, 5.74) is 1.47. The van der Waals surface area contributed by atoms with Crippen molar-refractivity contribution in [3.63, 3.8) is 0 Å². The Bertz CT molecular complexity index is 383. The fraction of sp³-hybridized carbons (Fsp3) is 0.100. The van der Waals surface area contributed by atoms with E-state index in [0.29, 0.717) is 5.56 Å². The molecule has 66 valence electrons. The van der Waals surface area contributed by atoms with Gasteiger partial charge in [-0.3, -0.25) is 0 Å². The summed E-state index contributed by atoms with van der Waals surface area (Å²) < 4.78 is 0. The van der Waals surface area contributed by atoms with E-state index >= 15 is 0 Å². The molecule has 1 aromatic rings. The maximum absolute atomic E-state index is 10.7. The number of rotatable bonds is 1. The van der Waals surface area contributed by atoms with Gasteiger partial charge in [-0.15, -0.1) is 0 Å². The lowest BCUT2D eigenvalue weighted by atomic mass is 10.1. The average Bonchev–Trinajstić information content (AvgIpc) is 2.17. The minimum absolute atomic E-state index is 0.370. The Balaban J connectivity index is 2.44. The molecule has 0 radical (unpaired) electrons. The van der Waals surface area contributed by atoms with Gasteiger partial charge in [-0.05, 0) is 35.6 Å². The van der Waals surface area contributed by atoms with E-state index < -0.39 is 5.97 Å². The summed E-state index contributed by atoms with van der Waals surface area (Å²) >= 11 is 1.64. The van der Waals surface area contributed by atoms with E-state index in [4.69, 9.17) is 5.11 Å². The predicted molar refractivity (Wildman–Crippen MR) is 52.1 cm³/mol. The zero-order valence-corrected chi connectivity index (χ0v) is 7.67. The quantitative estimate of drug-likeness (QED) is 0.743. The van der Waals surface area contributed by atoms with Crippen LogP contribution >= 0.6 is 11.8 Å². The molecular formula is C10H8O2S. The maximum Gasteiger partial charge on any atom is 0.335 e. The predicted octanol–water partition coefficient (Wildman–Crippen LogP) is 2.55. The monoisotopic (exact) mass is 192 g/mol. The Morgan fingerprint density at radius 2 is 2.31 bits per heavy atom. The van der Waals surface area contributed by atoms with Crippen molar-refractivity contribution in [1.29, 1.82) is 0 Å². The van der Waals surface area contributed by atoms with E-state index in [1.54, 1.807) is 23.9 Å². The van der Waals surface area contributed by atoms with Gasteiger partial charge in [0.25, 0.3) is 0 Å². The first kappa shape index (κ1) is 8.38. The first-order valence-corrected chi connectivity index (χ1v) is 4.83. The second-order valence-corrected chi connectivity index (χ2v) is 3.77. The highest BCUT2D eigenvalue weighted by atomic mass is 32.2. The summed E-state index contributed by atoms with van der Waals surface area (Å²) in [6.45, 7) is 0. The number of carboxylic acid groups (broad SMARTS) is 1. The Labute approximate surface area is 80.3 Å². The first-order chi connectivity index (χ1) is 6.27. The number of carbonyl (C=O) groups is 1. The Morgan fingerprint density at radius 3 is 3.08 bits per heavy atom. The Kier molecular flexibility index (Phi) is 2.10. The van der Waals surface area contributed by atoms with Crippen molar-refractivity contribution >= 4 is 17.7 Å². The molecule has 1 heterocycles. The van der Waals surface area contributed by atoms with Crippen molar-refractivity contribution in [3.05, 3.63) is 40.8 Å². The number of hydrogen-bond donors (Lipinski definition) is 1. The SMILES string of the molecule is O=C(O)c1ccc2c(c1)CC=CS2. The van der Waals surface area contributed by atoms with Crippen molar-refractivity contribution in [3.8, 4) is 0 Å². The largest absolute Gasteiger partial charge is 0.478 e. The number of aromatic carboxylic acids is 1. The lowest BCUT2D eigenvalue weighted by molar-refractivity contribution is 0.0696. The molecule has 0 unspecified atom stereocenters. The first-order valence-electron chi connectivity index (χ1n) is 3.95. The molecule has 0 fully saturated rings. The van der Waals surface area contributed by atoms with Gasteiger partial charge in [-0.1, -0.05) is 17.8 Å². The summed E-state index contributed by atoms with van der Waals surface area (Å²) in [4.78, 5) is 11.8. The van der Waals surface area contributed by atoms with Crippen molar-refractivity contribution in [2.75, 3.05) is 0 Å². The molecule has 1 aliphatic rings. The molecule has 0 spiro atoms. The molecule has 0 amide bonds. The van der Waals surface area contributed by atoms with Gasteiger partial charge in [0.1, 0.15) is 0 Å². The topological polar surface area (TPSA) is 37.3 Å². The smallest absolute Gasteiger partial charge is 0.335 e. The number of thioether (sulfide) groups is 1. The van der Waals surface area contributed by atoms with Gasteiger partial charge in [0, 0.05) is 4.90 Å². The molecule has 0 aromatic heterocycles. The van der Waals surface area contributed by atoms with Crippen LogP contribution in [0.25, 0.3) is 0 Å². The van der Waals surface area contributed by atoms with Crippen LogP contribution in [0.5, 0.6) is 0 Å². The third kappa shape index (κ3) is 1.60. The summed E-state index contributed by atoms with van der Waals surface area (Å²) in [5.74, 6) is -0.859. The molecular weight excluding hydrogens is 184 g/mol. The van der Waals surface area contributed by atoms with Crippen LogP contribution < -0.4 is 0 Å². The number of benzene rings is 1. The van der Waals surface area contributed by atoms with Crippen LogP contribution in [0.1, 0.15) is 15.9 Å². The molecule has 2 rings (SSSR count). The van der Waals surface area contributed by atoms with Crippen LogP contribution in [0.2, 0.25) is 0 Å². The number of allylic oxidation sites excluding steroid dienone is 1. The van der Waals surface area contributed by atoms with E-state index in [1.807, 2.05) is 17.6 Å². The standard InChI is InChI=1S/C10H8O2S/c11-10(12)8-3-4-9-7(6-8)2-1-5-13-9/h1,3-6H,2H2,(H,11,12). The molecule has 0 aliphatic carbocycles. The zero-order valence-electron chi connectivity index (χ0n) is 6.86. The molecule has 2 nitrogen and oxygen atoms in total. The maximum atomic E-state index is 10.7. The molecule has 13 heavy (non-hydrogen) atoms. The molecule has 0 atom stereocenters. The third-order valence-corrected chi connectivity index (χ3v) is 2.92. The van der Waals surface area contributed by atoms with Crippen LogP contribution in [0.3, 0.4) is 0 Å². The molecule has 0 saturated carbocycles. The average molecular weight is 192 g/mol. The number of hydrogen-bond acceptors (Lipinski definition) is 2. The van der Waals surface area contributed by atoms with Gasteiger partial charge in [-0.25, -0.2) is 4.79 Å². The van der Waals surface area contributed by atoms with Gasteiger partial charge in [0.05, 0.1) is 5.56 Å². The second-order valence-electron chi connectivity index (χ2n) is 2.82. The summed E-state index contributed by atoms with van der Waals surface area (Å²) in [6.07, 6.45) is 2.88. The van der Waals surface area contributed by atoms with Gasteiger partial charge in [0.15, 0.2) is 0 Å². The fourth-order valence-electron chi connectivity index (χ4n) is 1.28. The molecule has 0 saturated heterocycles. The highest BCUT2D eigenvalue weighted by molar-refractivity contribution is 8.02. The van der Waals surface area contributed by atoms with E-state index in [1.165, 1.54) is 0 Å². The van der Waals surface area contributed by atoms with Gasteiger partial charge >= 0.3 is 5.97 Å². The van der Waals surface area contributed by atoms with Crippen LogP contribution in [0, 0.1) is 0 Å². The van der Waals surface area contributed by atoms with Gasteiger partial charge < -0.3 is 5.11 Å². The third-order valence-electron chi connectivity index (χ3n) is 1.94. The lowest BCUT2D eigenvalue weighted by Crippen LogP contribution is -1.99. The molecule has 1 aromatic carbocycles. The lowest BCUT2D eigenvalue weighted by Gasteiger charge is -2.09. The van der Waals surface area contributed by atoms with Crippen molar-refractivity contribution < 1.29 is 9.90 Å². The van der Waals surface area contributed by atoms with Gasteiger partial charge in [0.2, 0.25) is 0 Å². The second kappa shape index (κ2) is 3.26. The van der Waals surface area contributed by atoms with Crippen LogP contribution in [-0.4, -0.2) is 11.1 Å². The minimum atomic E-state index is -0.859. The van der Waals surface area contributed by atoms with E-state index in [9.17, 15) is 4.79 Å². The Hall–Kier alpha value is -1.22. The van der Waals surface area contributed by atoms with E-state index in [2.05, 4.69) is 0 Å². The van der Waals surface area contributed by atoms with Crippen LogP contribution in [0.15, 0.2) is 34.6 Å².